The molecule has 1 aliphatic heterocycles. The highest BCUT2D eigenvalue weighted by atomic mass is 35.5. The number of aromatic nitrogens is 1. The van der Waals surface area contributed by atoms with Gasteiger partial charge in [0.05, 0.1) is 11.1 Å². The predicted octanol–water partition coefficient (Wildman–Crippen LogP) is 5.26. The summed E-state index contributed by atoms with van der Waals surface area (Å²) in [5.41, 5.74) is 3.21. The van der Waals surface area contributed by atoms with Crippen LogP contribution in [0.5, 0.6) is 0 Å². The molecule has 0 aliphatic carbocycles. The quantitative estimate of drug-likeness (QED) is 0.376. The maximum atomic E-state index is 13.5. The molecule has 0 bridgehead atoms. The molecule has 1 aromatic heterocycles. The van der Waals surface area contributed by atoms with Crippen LogP contribution in [-0.4, -0.2) is 58.8 Å². The van der Waals surface area contributed by atoms with Crippen LogP contribution >= 0.6 is 12.4 Å². The van der Waals surface area contributed by atoms with E-state index in [9.17, 15) is 35.9 Å². The number of nitrogens with one attached hydrogen (secondary N) is 1. The molecule has 39 heavy (non-hydrogen) atoms. The molecule has 6 nitrogen and oxygen atoms in total. The Morgan fingerprint density at radius 2 is 1.62 bits per heavy atom. The van der Waals surface area contributed by atoms with Crippen molar-refractivity contribution >= 4 is 35.1 Å². The van der Waals surface area contributed by atoms with Crippen molar-refractivity contribution in [2.45, 2.75) is 37.7 Å². The van der Waals surface area contributed by atoms with Crippen molar-refractivity contribution < 1.29 is 35.9 Å². The fraction of sp³-hybridized carbons (Fsp3) is 0.385. The Balaban J connectivity index is 0.00000420. The molecule has 1 atom stereocenters. The maximum absolute atomic E-state index is 13.5. The lowest BCUT2D eigenvalue weighted by Crippen LogP contribution is -2.56. The fourth-order valence-electron chi connectivity index (χ4n) is 4.84. The lowest BCUT2D eigenvalue weighted by Gasteiger charge is -2.42. The van der Waals surface area contributed by atoms with E-state index in [-0.39, 0.29) is 31.4 Å². The van der Waals surface area contributed by atoms with E-state index >= 15 is 0 Å². The van der Waals surface area contributed by atoms with Crippen LogP contribution < -0.4 is 5.73 Å². The average molecular weight is 577 g/mol. The first-order chi connectivity index (χ1) is 17.8. The first-order valence-corrected chi connectivity index (χ1v) is 12.0. The van der Waals surface area contributed by atoms with Gasteiger partial charge in [-0.2, -0.15) is 26.3 Å². The number of nitrogens with zero attached hydrogens (tertiary/aromatic N) is 2. The van der Waals surface area contributed by atoms with E-state index in [1.165, 1.54) is 4.90 Å². The Morgan fingerprint density at radius 3 is 2.23 bits per heavy atom. The van der Waals surface area contributed by atoms with E-state index in [2.05, 4.69) is 4.98 Å². The van der Waals surface area contributed by atoms with Gasteiger partial charge in [-0.1, -0.05) is 18.2 Å². The van der Waals surface area contributed by atoms with Gasteiger partial charge >= 0.3 is 12.4 Å². The Morgan fingerprint density at radius 1 is 0.974 bits per heavy atom. The molecule has 0 spiro atoms. The number of carbonyl (C=O) groups is 2. The summed E-state index contributed by atoms with van der Waals surface area (Å²) in [4.78, 5) is 31.1. The van der Waals surface area contributed by atoms with Gasteiger partial charge in [0.25, 0.3) is 5.91 Å². The predicted molar refractivity (Wildman–Crippen MR) is 135 cm³/mol. The molecule has 212 valence electrons. The van der Waals surface area contributed by atoms with Gasteiger partial charge in [-0.15, -0.1) is 12.4 Å². The number of nitrogens with two attached hydrogens (primary N) is 1. The third-order valence-electron chi connectivity index (χ3n) is 6.69. The summed E-state index contributed by atoms with van der Waals surface area (Å²) in [5.74, 6) is -1.35. The number of fused-ring (bicyclic) bond motifs is 1. The normalized spacial score (nSPS) is 16.8. The third kappa shape index (κ3) is 7.24. The van der Waals surface area contributed by atoms with Gasteiger partial charge in [0.2, 0.25) is 5.91 Å². The van der Waals surface area contributed by atoms with Crippen molar-refractivity contribution in [3.05, 3.63) is 70.9 Å². The molecule has 2 aromatic carbocycles. The molecule has 0 unspecified atom stereocenters. The number of rotatable bonds is 7. The Labute approximate surface area is 226 Å². The summed E-state index contributed by atoms with van der Waals surface area (Å²) in [6.07, 6.45) is -7.33. The van der Waals surface area contributed by atoms with E-state index in [1.54, 1.807) is 6.20 Å². The number of piperazine rings is 1. The zero-order valence-corrected chi connectivity index (χ0v) is 21.4. The second kappa shape index (κ2) is 11.9. The lowest BCUT2D eigenvalue weighted by atomic mass is 9.98. The number of hydrogen-bond donors (Lipinski definition) is 2. The molecule has 3 N–H and O–H groups in total. The SMILES string of the molecule is Cl.NC(=O)CCCN1CCN(C(=O)c2cc(C(F)(F)F)cc(C(F)(F)F)c2)[C@H](Cc2c[nH]c3ccccc23)C1. The van der Waals surface area contributed by atoms with Crippen LogP contribution in [0.3, 0.4) is 0 Å². The molecule has 4 rings (SSSR count). The van der Waals surface area contributed by atoms with Gasteiger partial charge in [0.15, 0.2) is 0 Å². The van der Waals surface area contributed by atoms with E-state index in [1.807, 2.05) is 29.2 Å². The summed E-state index contributed by atoms with van der Waals surface area (Å²) in [6.45, 7) is 1.28. The molecule has 13 heteroatoms. The molecule has 3 aromatic rings. The van der Waals surface area contributed by atoms with Crippen LogP contribution in [0.25, 0.3) is 10.9 Å². The number of amides is 2. The van der Waals surface area contributed by atoms with Gasteiger partial charge in [-0.3, -0.25) is 14.5 Å². The smallest absolute Gasteiger partial charge is 0.370 e. The topological polar surface area (TPSA) is 82.4 Å². The molecule has 2 amide bonds. The average Bonchev–Trinajstić information content (AvgIpc) is 3.25. The van der Waals surface area contributed by atoms with Crippen molar-refractivity contribution in [3.8, 4) is 0 Å². The highest BCUT2D eigenvalue weighted by molar-refractivity contribution is 5.95. The largest absolute Gasteiger partial charge is 0.416 e. The number of primary amides is 1. The number of alkyl halides is 6. The van der Waals surface area contributed by atoms with Crippen molar-refractivity contribution in [1.29, 1.82) is 0 Å². The fourth-order valence-corrected chi connectivity index (χ4v) is 4.84. The number of para-hydroxylation sites is 1. The highest BCUT2D eigenvalue weighted by Crippen LogP contribution is 2.37. The maximum Gasteiger partial charge on any atom is 0.416 e. The number of H-pyrrole nitrogens is 1. The minimum atomic E-state index is -5.06. The molecular weight excluding hydrogens is 550 g/mol. The van der Waals surface area contributed by atoms with Crippen LogP contribution in [0.4, 0.5) is 26.3 Å². The third-order valence-corrected chi connectivity index (χ3v) is 6.69. The molecule has 1 saturated heterocycles. The molecule has 0 radical (unpaired) electrons. The van der Waals surface area contributed by atoms with E-state index in [0.29, 0.717) is 44.6 Å². The van der Waals surface area contributed by atoms with Crippen LogP contribution in [0.1, 0.15) is 39.9 Å². The molecule has 0 saturated carbocycles. The summed E-state index contributed by atoms with van der Waals surface area (Å²) in [6, 6.07) is 7.89. The Hall–Kier alpha value is -3.25. The van der Waals surface area contributed by atoms with E-state index in [0.717, 1.165) is 16.5 Å². The first-order valence-electron chi connectivity index (χ1n) is 12.0. The Bertz CT molecular complexity index is 1290. The zero-order valence-electron chi connectivity index (χ0n) is 20.6. The van der Waals surface area contributed by atoms with Crippen LogP contribution in [0.15, 0.2) is 48.7 Å². The molecule has 2 heterocycles. The second-order valence-corrected chi connectivity index (χ2v) is 9.38. The summed E-state index contributed by atoms with van der Waals surface area (Å²) >= 11 is 0. The summed E-state index contributed by atoms with van der Waals surface area (Å²) < 4.78 is 80.5. The monoisotopic (exact) mass is 576 g/mol. The summed E-state index contributed by atoms with van der Waals surface area (Å²) in [5, 5.41) is 0.907. The minimum absolute atomic E-state index is 0. The standard InChI is InChI=1S/C26H26F6N4O2.ClH/c27-25(28,29)18-10-16(11-19(13-18)26(30,31)32)24(38)36-9-8-35(7-3-6-23(33)37)15-20(36)12-17-14-34-22-5-2-1-4-21(17)22;/h1-2,4-5,10-11,13-14,20,34H,3,6-9,12,15H2,(H2,33,37);1H/t20-;/m1./s1. The number of carbonyl (C=O) groups excluding carboxylic acids is 2. The first kappa shape index (κ1) is 30.3. The Kier molecular flexibility index (Phi) is 9.22. The summed E-state index contributed by atoms with van der Waals surface area (Å²) in [7, 11) is 0. The zero-order chi connectivity index (χ0) is 27.7. The van der Waals surface area contributed by atoms with Gasteiger partial charge in [-0.05, 0) is 49.2 Å². The lowest BCUT2D eigenvalue weighted by molar-refractivity contribution is -0.143. The molecule has 1 aliphatic rings. The van der Waals surface area contributed by atoms with Crippen molar-refractivity contribution in [3.63, 3.8) is 0 Å². The van der Waals surface area contributed by atoms with Gasteiger partial charge in [0.1, 0.15) is 0 Å². The van der Waals surface area contributed by atoms with E-state index in [4.69, 9.17) is 5.73 Å². The molecular formula is C26H27ClF6N4O2. The van der Waals surface area contributed by atoms with Gasteiger partial charge in [-0.25, -0.2) is 0 Å². The van der Waals surface area contributed by atoms with Gasteiger partial charge < -0.3 is 15.6 Å². The number of benzene rings is 2. The van der Waals surface area contributed by atoms with Crippen molar-refractivity contribution in [1.82, 2.24) is 14.8 Å². The number of halogens is 7. The number of aromatic amines is 1. The van der Waals surface area contributed by atoms with Crippen LogP contribution in [0, 0.1) is 0 Å². The minimum Gasteiger partial charge on any atom is -0.370 e. The van der Waals surface area contributed by atoms with Gasteiger partial charge in [0, 0.05) is 54.8 Å². The van der Waals surface area contributed by atoms with Crippen molar-refractivity contribution in [2.75, 3.05) is 26.2 Å². The van der Waals surface area contributed by atoms with Crippen LogP contribution in [-0.2, 0) is 23.6 Å². The van der Waals surface area contributed by atoms with Crippen molar-refractivity contribution in [2.24, 2.45) is 5.73 Å². The molecule has 1 fully saturated rings. The van der Waals surface area contributed by atoms with Crippen LogP contribution in [0.2, 0.25) is 0 Å². The second-order valence-electron chi connectivity index (χ2n) is 9.38. The van der Waals surface area contributed by atoms with E-state index < -0.39 is 46.9 Å². The number of hydrogen-bond acceptors (Lipinski definition) is 3. The highest BCUT2D eigenvalue weighted by Gasteiger charge is 2.39.